The molecule has 2 amide bonds. The fourth-order valence-electron chi connectivity index (χ4n) is 4.19. The number of anilines is 1. The molecule has 2 atom stereocenters. The van der Waals surface area contributed by atoms with Crippen LogP contribution in [0, 0.1) is 17.3 Å². The van der Waals surface area contributed by atoms with E-state index in [1.807, 2.05) is 4.90 Å². The molecule has 3 rings (SSSR count). The SMILES string of the molecule is COc1ccc(C(=O)N2CCN(C)CC2)cc1NC(=O)C1C(C=C(C)C)C1(C)C. The molecule has 0 radical (unpaired) electrons. The summed E-state index contributed by atoms with van der Waals surface area (Å²) in [6.45, 7) is 11.5. The lowest BCUT2D eigenvalue weighted by molar-refractivity contribution is -0.118. The van der Waals surface area contributed by atoms with E-state index < -0.39 is 0 Å². The van der Waals surface area contributed by atoms with Gasteiger partial charge in [0.05, 0.1) is 18.7 Å². The van der Waals surface area contributed by atoms with Crippen molar-refractivity contribution in [3.05, 3.63) is 35.4 Å². The van der Waals surface area contributed by atoms with E-state index in [1.54, 1.807) is 25.3 Å². The molecule has 1 aromatic carbocycles. The topological polar surface area (TPSA) is 61.9 Å². The lowest BCUT2D eigenvalue weighted by Gasteiger charge is -2.32. The van der Waals surface area contributed by atoms with Gasteiger partial charge in [-0.2, -0.15) is 0 Å². The molecule has 2 aliphatic rings. The summed E-state index contributed by atoms with van der Waals surface area (Å²) in [6.07, 6.45) is 2.18. The van der Waals surface area contributed by atoms with Gasteiger partial charge in [0.2, 0.25) is 5.91 Å². The van der Waals surface area contributed by atoms with Crippen molar-refractivity contribution in [3.63, 3.8) is 0 Å². The van der Waals surface area contributed by atoms with Crippen LogP contribution in [0.25, 0.3) is 0 Å². The van der Waals surface area contributed by atoms with Crippen molar-refractivity contribution < 1.29 is 14.3 Å². The zero-order chi connectivity index (χ0) is 21.3. The zero-order valence-corrected chi connectivity index (χ0v) is 18.4. The van der Waals surface area contributed by atoms with Gasteiger partial charge in [-0.25, -0.2) is 0 Å². The molecule has 6 heteroatoms. The monoisotopic (exact) mass is 399 g/mol. The number of methoxy groups -OCH3 is 1. The average molecular weight is 400 g/mol. The smallest absolute Gasteiger partial charge is 0.254 e. The second-order valence-electron chi connectivity index (χ2n) is 9.07. The number of nitrogens with one attached hydrogen (secondary N) is 1. The Bertz CT molecular complexity index is 819. The van der Waals surface area contributed by atoms with Crippen LogP contribution in [0.1, 0.15) is 38.1 Å². The fourth-order valence-corrected chi connectivity index (χ4v) is 4.19. The van der Waals surface area contributed by atoms with Crippen molar-refractivity contribution in [1.82, 2.24) is 9.80 Å². The molecular weight excluding hydrogens is 366 g/mol. The van der Waals surface area contributed by atoms with Gasteiger partial charge in [-0.05, 0) is 50.4 Å². The van der Waals surface area contributed by atoms with Gasteiger partial charge in [-0.15, -0.1) is 0 Å². The summed E-state index contributed by atoms with van der Waals surface area (Å²) in [7, 11) is 3.63. The Morgan fingerprint density at radius 3 is 2.41 bits per heavy atom. The van der Waals surface area contributed by atoms with Gasteiger partial charge in [-0.1, -0.05) is 25.5 Å². The van der Waals surface area contributed by atoms with Gasteiger partial charge < -0.3 is 19.9 Å². The van der Waals surface area contributed by atoms with E-state index in [4.69, 9.17) is 4.74 Å². The van der Waals surface area contributed by atoms with Gasteiger partial charge in [0.25, 0.3) is 5.91 Å². The number of rotatable bonds is 5. The maximum absolute atomic E-state index is 13.0. The third-order valence-electron chi connectivity index (χ3n) is 6.20. The highest BCUT2D eigenvalue weighted by atomic mass is 16.5. The summed E-state index contributed by atoms with van der Waals surface area (Å²) in [4.78, 5) is 30.0. The summed E-state index contributed by atoms with van der Waals surface area (Å²) in [6, 6.07) is 5.26. The van der Waals surface area contributed by atoms with E-state index in [0.29, 0.717) is 30.1 Å². The standard InChI is InChI=1S/C23H33N3O3/c1-15(2)13-17-20(23(17,3)4)21(27)24-18-14-16(7-8-19(18)29-6)22(28)26-11-9-25(5)10-12-26/h7-8,13-14,17,20H,9-12H2,1-6H3,(H,24,27). The molecule has 2 fully saturated rings. The summed E-state index contributed by atoms with van der Waals surface area (Å²) < 4.78 is 5.43. The number of amides is 2. The Hall–Kier alpha value is -2.34. The second kappa shape index (κ2) is 8.19. The number of carbonyl (C=O) groups is 2. The zero-order valence-electron chi connectivity index (χ0n) is 18.4. The molecule has 29 heavy (non-hydrogen) atoms. The Labute approximate surface area is 173 Å². The summed E-state index contributed by atoms with van der Waals surface area (Å²) in [5.74, 6) is 0.670. The maximum Gasteiger partial charge on any atom is 0.254 e. The molecule has 1 N–H and O–H groups in total. The number of benzene rings is 1. The molecule has 0 spiro atoms. The van der Waals surface area contributed by atoms with E-state index in [2.05, 4.69) is 51.0 Å². The predicted octanol–water partition coefficient (Wildman–Crippen LogP) is 3.26. The number of ether oxygens (including phenoxy) is 1. The normalized spacial score (nSPS) is 23.3. The minimum absolute atomic E-state index is 0.00887. The van der Waals surface area contributed by atoms with E-state index >= 15 is 0 Å². The Kier molecular flexibility index (Phi) is 6.03. The lowest BCUT2D eigenvalue weighted by atomic mass is 10.1. The predicted molar refractivity (Wildman–Crippen MR) is 115 cm³/mol. The summed E-state index contributed by atoms with van der Waals surface area (Å²) in [5.41, 5.74) is 2.27. The first-order chi connectivity index (χ1) is 13.6. The number of allylic oxidation sites excluding steroid dienone is 2. The first-order valence-corrected chi connectivity index (χ1v) is 10.3. The van der Waals surface area contributed by atoms with Crippen LogP contribution in [0.4, 0.5) is 5.69 Å². The Morgan fingerprint density at radius 2 is 1.83 bits per heavy atom. The van der Waals surface area contributed by atoms with Crippen LogP contribution >= 0.6 is 0 Å². The lowest BCUT2D eigenvalue weighted by Crippen LogP contribution is -2.47. The van der Waals surface area contributed by atoms with E-state index in [9.17, 15) is 9.59 Å². The first-order valence-electron chi connectivity index (χ1n) is 10.3. The number of nitrogens with zero attached hydrogens (tertiary/aromatic N) is 2. The molecule has 1 aromatic rings. The third kappa shape index (κ3) is 4.47. The second-order valence-corrected chi connectivity index (χ2v) is 9.07. The number of likely N-dealkylation sites (N-methyl/N-ethyl adjacent to an activating group) is 1. The minimum atomic E-state index is -0.0842. The van der Waals surface area contributed by atoms with E-state index in [-0.39, 0.29) is 29.1 Å². The molecule has 1 aliphatic heterocycles. The molecule has 158 valence electrons. The molecule has 0 aromatic heterocycles. The molecule has 1 saturated carbocycles. The molecule has 6 nitrogen and oxygen atoms in total. The Balaban J connectivity index is 1.77. The molecule has 2 unspecified atom stereocenters. The van der Waals surface area contributed by atoms with Crippen LogP contribution in [0.3, 0.4) is 0 Å². The van der Waals surface area contributed by atoms with Crippen molar-refractivity contribution >= 4 is 17.5 Å². The fraction of sp³-hybridized carbons (Fsp3) is 0.565. The van der Waals surface area contributed by atoms with Gasteiger partial charge in [0, 0.05) is 31.7 Å². The highest BCUT2D eigenvalue weighted by molar-refractivity contribution is 6.00. The van der Waals surface area contributed by atoms with Crippen molar-refractivity contribution in [3.8, 4) is 5.75 Å². The van der Waals surface area contributed by atoms with Crippen LogP contribution in [0.2, 0.25) is 0 Å². The summed E-state index contributed by atoms with van der Waals surface area (Å²) >= 11 is 0. The van der Waals surface area contributed by atoms with E-state index in [1.165, 1.54) is 5.57 Å². The van der Waals surface area contributed by atoms with Crippen LogP contribution < -0.4 is 10.1 Å². The van der Waals surface area contributed by atoms with Crippen molar-refractivity contribution in [2.24, 2.45) is 17.3 Å². The van der Waals surface area contributed by atoms with Crippen LogP contribution in [-0.4, -0.2) is 62.0 Å². The Morgan fingerprint density at radius 1 is 1.17 bits per heavy atom. The van der Waals surface area contributed by atoms with Gasteiger partial charge in [-0.3, -0.25) is 9.59 Å². The van der Waals surface area contributed by atoms with Crippen molar-refractivity contribution in [2.75, 3.05) is 45.7 Å². The maximum atomic E-state index is 13.0. The first kappa shape index (κ1) is 21.4. The third-order valence-corrected chi connectivity index (χ3v) is 6.20. The number of carbonyl (C=O) groups excluding carboxylic acids is 2. The molecule has 0 bridgehead atoms. The number of hydrogen-bond acceptors (Lipinski definition) is 4. The van der Waals surface area contributed by atoms with Crippen molar-refractivity contribution in [1.29, 1.82) is 0 Å². The van der Waals surface area contributed by atoms with Gasteiger partial charge in [0.1, 0.15) is 5.75 Å². The van der Waals surface area contributed by atoms with Crippen LogP contribution in [0.15, 0.2) is 29.8 Å². The van der Waals surface area contributed by atoms with Gasteiger partial charge >= 0.3 is 0 Å². The highest BCUT2D eigenvalue weighted by Gasteiger charge is 2.60. The molecule has 1 aliphatic carbocycles. The largest absolute Gasteiger partial charge is 0.495 e. The minimum Gasteiger partial charge on any atom is -0.495 e. The number of hydrogen-bond donors (Lipinski definition) is 1. The average Bonchev–Trinajstić information content (AvgIpc) is 3.20. The van der Waals surface area contributed by atoms with Crippen molar-refractivity contribution in [2.45, 2.75) is 27.7 Å². The summed E-state index contributed by atoms with van der Waals surface area (Å²) in [5, 5.41) is 3.02. The van der Waals surface area contributed by atoms with Crippen LogP contribution in [0.5, 0.6) is 5.75 Å². The van der Waals surface area contributed by atoms with Crippen LogP contribution in [-0.2, 0) is 4.79 Å². The van der Waals surface area contributed by atoms with Gasteiger partial charge in [0.15, 0.2) is 0 Å². The van der Waals surface area contributed by atoms with E-state index in [0.717, 1.165) is 13.1 Å². The highest BCUT2D eigenvalue weighted by Crippen LogP contribution is 2.59. The molecular formula is C23H33N3O3. The molecule has 1 saturated heterocycles. The quantitative estimate of drug-likeness (QED) is 0.772. The molecule has 1 heterocycles. The number of piperazine rings is 1.